The molecule has 3 aromatic rings. The van der Waals surface area contributed by atoms with Crippen molar-refractivity contribution in [3.63, 3.8) is 0 Å². The zero-order valence-electron chi connectivity index (χ0n) is 15.0. The molecule has 0 saturated carbocycles. The highest BCUT2D eigenvalue weighted by molar-refractivity contribution is 7.89. The third-order valence-electron chi connectivity index (χ3n) is 3.86. The molecular formula is C20H18ClNO4S2. The van der Waals surface area contributed by atoms with Crippen LogP contribution in [0.2, 0.25) is 5.02 Å². The van der Waals surface area contributed by atoms with Crippen LogP contribution >= 0.6 is 22.9 Å². The molecular weight excluding hydrogens is 418 g/mol. The highest BCUT2D eigenvalue weighted by atomic mass is 35.5. The van der Waals surface area contributed by atoms with Gasteiger partial charge in [0.05, 0.1) is 11.3 Å². The number of esters is 1. The Morgan fingerprint density at radius 2 is 1.86 bits per heavy atom. The normalized spacial score (nSPS) is 11.4. The average molecular weight is 436 g/mol. The van der Waals surface area contributed by atoms with Crippen molar-refractivity contribution in [2.75, 3.05) is 6.54 Å². The van der Waals surface area contributed by atoms with Crippen LogP contribution in [0.3, 0.4) is 0 Å². The summed E-state index contributed by atoms with van der Waals surface area (Å²) in [5, 5.41) is 1.08. The summed E-state index contributed by atoms with van der Waals surface area (Å²) in [6, 6.07) is 17.4. The van der Waals surface area contributed by atoms with E-state index in [0.29, 0.717) is 10.1 Å². The number of rotatable bonds is 7. The number of hydrogen-bond acceptors (Lipinski definition) is 5. The van der Waals surface area contributed by atoms with Gasteiger partial charge in [0, 0.05) is 16.4 Å². The lowest BCUT2D eigenvalue weighted by atomic mass is 10.2. The quantitative estimate of drug-likeness (QED) is 0.548. The summed E-state index contributed by atoms with van der Waals surface area (Å²) < 4.78 is 32.1. The van der Waals surface area contributed by atoms with Gasteiger partial charge in [0.25, 0.3) is 0 Å². The molecule has 2 aromatic carbocycles. The minimum absolute atomic E-state index is 0.0401. The van der Waals surface area contributed by atoms with Crippen LogP contribution in [0.15, 0.2) is 65.6 Å². The molecule has 0 spiro atoms. The minimum Gasteiger partial charge on any atom is -0.415 e. The van der Waals surface area contributed by atoms with E-state index >= 15 is 0 Å². The van der Waals surface area contributed by atoms with E-state index in [1.54, 1.807) is 24.3 Å². The summed E-state index contributed by atoms with van der Waals surface area (Å²) >= 11 is 7.31. The Morgan fingerprint density at radius 3 is 2.57 bits per heavy atom. The summed E-state index contributed by atoms with van der Waals surface area (Å²) in [4.78, 5) is 13.1. The lowest BCUT2D eigenvalue weighted by Crippen LogP contribution is -2.27. The first kappa shape index (κ1) is 20.5. The molecule has 0 aliphatic carbocycles. The van der Waals surface area contributed by atoms with Crippen LogP contribution in [0.5, 0.6) is 5.06 Å². The van der Waals surface area contributed by atoms with Crippen molar-refractivity contribution in [2.45, 2.75) is 18.2 Å². The Hall–Kier alpha value is -2.19. The standard InChI is InChI=1S/C20H18ClNO4S2/c1-14-5-7-17(8-6-14)28(24,25)22-12-11-19(23)26-20-10-9-18(27-20)15-3-2-4-16(21)13-15/h2-10,13,22H,11-12H2,1H3. The smallest absolute Gasteiger partial charge is 0.313 e. The molecule has 0 bridgehead atoms. The second kappa shape index (κ2) is 8.87. The molecule has 0 atom stereocenters. The maximum absolute atomic E-state index is 12.2. The molecule has 3 rings (SSSR count). The van der Waals surface area contributed by atoms with Crippen molar-refractivity contribution in [3.05, 3.63) is 71.2 Å². The van der Waals surface area contributed by atoms with E-state index < -0.39 is 16.0 Å². The number of thiophene rings is 1. The maximum Gasteiger partial charge on any atom is 0.313 e. The Balaban J connectivity index is 1.53. The van der Waals surface area contributed by atoms with Gasteiger partial charge in [-0.05, 0) is 48.9 Å². The van der Waals surface area contributed by atoms with Crippen molar-refractivity contribution in [1.29, 1.82) is 0 Å². The number of aryl methyl sites for hydroxylation is 1. The van der Waals surface area contributed by atoms with Gasteiger partial charge in [0.15, 0.2) is 5.06 Å². The number of benzene rings is 2. The predicted octanol–water partition coefficient (Wildman–Crippen LogP) is 4.65. The summed E-state index contributed by atoms with van der Waals surface area (Å²) in [6.07, 6.45) is -0.0739. The summed E-state index contributed by atoms with van der Waals surface area (Å²) in [5.41, 5.74) is 1.90. The third-order valence-corrected chi connectivity index (χ3v) is 6.58. The second-order valence-corrected chi connectivity index (χ2v) is 9.31. The van der Waals surface area contributed by atoms with E-state index in [1.165, 1.54) is 23.5 Å². The molecule has 1 aromatic heterocycles. The second-order valence-electron chi connectivity index (χ2n) is 6.06. The van der Waals surface area contributed by atoms with Crippen LogP contribution < -0.4 is 9.46 Å². The van der Waals surface area contributed by atoms with Crippen molar-refractivity contribution >= 4 is 38.9 Å². The SMILES string of the molecule is Cc1ccc(S(=O)(=O)NCCC(=O)Oc2ccc(-c3cccc(Cl)c3)s2)cc1. The van der Waals surface area contributed by atoms with Crippen LogP contribution in [-0.2, 0) is 14.8 Å². The van der Waals surface area contributed by atoms with Gasteiger partial charge in [-0.25, -0.2) is 13.1 Å². The maximum atomic E-state index is 12.2. The van der Waals surface area contributed by atoms with E-state index in [1.807, 2.05) is 31.2 Å². The largest absolute Gasteiger partial charge is 0.415 e. The fraction of sp³-hybridized carbons (Fsp3) is 0.150. The number of ether oxygens (including phenoxy) is 1. The van der Waals surface area contributed by atoms with Gasteiger partial charge in [-0.2, -0.15) is 0 Å². The molecule has 8 heteroatoms. The lowest BCUT2D eigenvalue weighted by Gasteiger charge is -2.06. The molecule has 1 N–H and O–H groups in total. The van der Waals surface area contributed by atoms with Gasteiger partial charge in [0.2, 0.25) is 10.0 Å². The topological polar surface area (TPSA) is 72.5 Å². The van der Waals surface area contributed by atoms with E-state index in [4.69, 9.17) is 16.3 Å². The summed E-state index contributed by atoms with van der Waals surface area (Å²) in [7, 11) is -3.65. The third kappa shape index (κ3) is 5.42. The molecule has 0 radical (unpaired) electrons. The van der Waals surface area contributed by atoms with Crippen molar-refractivity contribution in [2.24, 2.45) is 0 Å². The highest BCUT2D eigenvalue weighted by Crippen LogP contribution is 2.34. The average Bonchev–Trinajstić information content (AvgIpc) is 3.10. The Labute approximate surface area is 173 Å². The van der Waals surface area contributed by atoms with Crippen molar-refractivity contribution in [1.82, 2.24) is 4.72 Å². The number of carbonyl (C=O) groups excluding carboxylic acids is 1. The minimum atomic E-state index is -3.65. The van der Waals surface area contributed by atoms with Gasteiger partial charge in [-0.15, -0.1) is 0 Å². The molecule has 0 aliphatic heterocycles. The van der Waals surface area contributed by atoms with Gasteiger partial charge in [0.1, 0.15) is 0 Å². The first-order valence-electron chi connectivity index (χ1n) is 8.46. The number of hydrogen-bond donors (Lipinski definition) is 1. The zero-order valence-corrected chi connectivity index (χ0v) is 17.4. The Morgan fingerprint density at radius 1 is 1.11 bits per heavy atom. The molecule has 0 amide bonds. The first-order chi connectivity index (χ1) is 13.3. The molecule has 146 valence electrons. The van der Waals surface area contributed by atoms with E-state index in [-0.39, 0.29) is 17.9 Å². The van der Waals surface area contributed by atoms with Gasteiger partial charge < -0.3 is 4.74 Å². The molecule has 1 heterocycles. The summed E-state index contributed by atoms with van der Waals surface area (Å²) in [5.74, 6) is -0.508. The van der Waals surface area contributed by atoms with E-state index in [9.17, 15) is 13.2 Å². The Kier molecular flexibility index (Phi) is 6.51. The van der Waals surface area contributed by atoms with Gasteiger partial charge >= 0.3 is 5.97 Å². The molecule has 0 fully saturated rings. The first-order valence-corrected chi connectivity index (χ1v) is 11.1. The Bertz CT molecular complexity index is 1080. The summed E-state index contributed by atoms with van der Waals surface area (Å²) in [6.45, 7) is 1.84. The molecule has 0 saturated heterocycles. The number of nitrogens with one attached hydrogen (secondary N) is 1. The molecule has 28 heavy (non-hydrogen) atoms. The number of sulfonamides is 1. The van der Waals surface area contributed by atoms with Crippen LogP contribution in [0.4, 0.5) is 0 Å². The van der Waals surface area contributed by atoms with Crippen LogP contribution in [0.1, 0.15) is 12.0 Å². The molecule has 0 unspecified atom stereocenters. The molecule has 5 nitrogen and oxygen atoms in total. The zero-order chi connectivity index (χ0) is 20.1. The van der Waals surface area contributed by atoms with Crippen LogP contribution in [0, 0.1) is 6.92 Å². The van der Waals surface area contributed by atoms with Gasteiger partial charge in [-0.3, -0.25) is 4.79 Å². The van der Waals surface area contributed by atoms with E-state index in [0.717, 1.165) is 16.0 Å². The van der Waals surface area contributed by atoms with Gasteiger partial charge in [-0.1, -0.05) is 52.8 Å². The lowest BCUT2D eigenvalue weighted by molar-refractivity contribution is -0.133. The fourth-order valence-corrected chi connectivity index (χ4v) is 4.51. The highest BCUT2D eigenvalue weighted by Gasteiger charge is 2.15. The predicted molar refractivity (Wildman–Crippen MR) is 111 cm³/mol. The monoisotopic (exact) mass is 435 g/mol. The number of halogens is 1. The van der Waals surface area contributed by atoms with E-state index in [2.05, 4.69) is 4.72 Å². The van der Waals surface area contributed by atoms with Crippen LogP contribution in [-0.4, -0.2) is 20.9 Å². The van der Waals surface area contributed by atoms with Crippen molar-refractivity contribution in [3.8, 4) is 15.5 Å². The van der Waals surface area contributed by atoms with Crippen LogP contribution in [0.25, 0.3) is 10.4 Å². The fourth-order valence-electron chi connectivity index (χ4n) is 2.42. The molecule has 0 aliphatic rings. The number of carbonyl (C=O) groups is 1. The van der Waals surface area contributed by atoms with Crippen molar-refractivity contribution < 1.29 is 17.9 Å².